The van der Waals surface area contributed by atoms with E-state index in [0.717, 1.165) is 11.3 Å². The summed E-state index contributed by atoms with van der Waals surface area (Å²) >= 11 is 7.52. The van der Waals surface area contributed by atoms with Crippen LogP contribution in [0.25, 0.3) is 11.3 Å². The number of ether oxygens (including phenoxy) is 1. The van der Waals surface area contributed by atoms with E-state index in [0.29, 0.717) is 15.9 Å². The van der Waals surface area contributed by atoms with Gasteiger partial charge in [-0.1, -0.05) is 48.0 Å². The average Bonchev–Trinajstić information content (AvgIpc) is 3.04. The quantitative estimate of drug-likeness (QED) is 0.707. The van der Waals surface area contributed by atoms with Crippen molar-refractivity contribution in [1.29, 1.82) is 0 Å². The first-order valence-electron chi connectivity index (χ1n) is 7.36. The van der Waals surface area contributed by atoms with Gasteiger partial charge in [0.2, 0.25) is 0 Å². The number of amides is 1. The SMILES string of the molecule is C[C@H](Oc1ccccc1)C(=O)Nc1nc(-c2ccccc2Cl)cs1. The summed E-state index contributed by atoms with van der Waals surface area (Å²) in [6.45, 7) is 1.70. The van der Waals surface area contributed by atoms with Crippen LogP contribution in [0.2, 0.25) is 5.02 Å². The lowest BCUT2D eigenvalue weighted by molar-refractivity contribution is -0.122. The number of hydrogen-bond donors (Lipinski definition) is 1. The van der Waals surface area contributed by atoms with E-state index in [-0.39, 0.29) is 5.91 Å². The maximum Gasteiger partial charge on any atom is 0.266 e. The maximum atomic E-state index is 12.2. The van der Waals surface area contributed by atoms with Gasteiger partial charge in [-0.2, -0.15) is 0 Å². The molecule has 0 fully saturated rings. The van der Waals surface area contributed by atoms with Crippen molar-refractivity contribution in [3.8, 4) is 17.0 Å². The Labute approximate surface area is 149 Å². The fourth-order valence-electron chi connectivity index (χ4n) is 2.09. The average molecular weight is 359 g/mol. The Morgan fingerprint density at radius 3 is 2.62 bits per heavy atom. The van der Waals surface area contributed by atoms with Crippen LogP contribution >= 0.6 is 22.9 Å². The minimum absolute atomic E-state index is 0.251. The molecule has 6 heteroatoms. The summed E-state index contributed by atoms with van der Waals surface area (Å²) < 4.78 is 5.60. The van der Waals surface area contributed by atoms with Gasteiger partial charge in [-0.05, 0) is 25.1 Å². The maximum absolute atomic E-state index is 12.2. The molecule has 1 atom stereocenters. The van der Waals surface area contributed by atoms with E-state index in [9.17, 15) is 4.79 Å². The number of anilines is 1. The van der Waals surface area contributed by atoms with E-state index in [1.54, 1.807) is 6.92 Å². The van der Waals surface area contributed by atoms with E-state index < -0.39 is 6.10 Å². The molecule has 0 unspecified atom stereocenters. The highest BCUT2D eigenvalue weighted by Crippen LogP contribution is 2.30. The monoisotopic (exact) mass is 358 g/mol. The standard InChI is InChI=1S/C18H15ClN2O2S/c1-12(23-13-7-3-2-4-8-13)17(22)21-18-20-16(11-24-18)14-9-5-6-10-15(14)19/h2-12H,1H3,(H,20,21,22)/t12-/m0/s1. The van der Waals surface area contributed by atoms with E-state index in [2.05, 4.69) is 10.3 Å². The van der Waals surface area contributed by atoms with Crippen LogP contribution in [-0.2, 0) is 4.79 Å². The normalized spacial score (nSPS) is 11.8. The Bertz CT molecular complexity index is 836. The molecule has 122 valence electrons. The van der Waals surface area contributed by atoms with Crippen molar-refractivity contribution in [2.45, 2.75) is 13.0 Å². The summed E-state index contributed by atoms with van der Waals surface area (Å²) in [6.07, 6.45) is -0.625. The predicted octanol–water partition coefficient (Wildman–Crippen LogP) is 4.87. The van der Waals surface area contributed by atoms with Crippen LogP contribution in [0, 0.1) is 0 Å². The van der Waals surface area contributed by atoms with Crippen molar-refractivity contribution >= 4 is 34.0 Å². The Kier molecular flexibility index (Phi) is 5.13. The van der Waals surface area contributed by atoms with Crippen molar-refractivity contribution in [3.05, 3.63) is 65.0 Å². The van der Waals surface area contributed by atoms with Crippen LogP contribution < -0.4 is 10.1 Å². The number of para-hydroxylation sites is 1. The van der Waals surface area contributed by atoms with Crippen LogP contribution in [0.15, 0.2) is 60.0 Å². The zero-order valence-electron chi connectivity index (χ0n) is 12.9. The van der Waals surface area contributed by atoms with Gasteiger partial charge >= 0.3 is 0 Å². The first kappa shape index (κ1) is 16.5. The Hall–Kier alpha value is -2.37. The summed E-state index contributed by atoms with van der Waals surface area (Å²) in [5.74, 6) is 0.398. The van der Waals surface area contributed by atoms with Crippen LogP contribution in [0.4, 0.5) is 5.13 Å². The third-order valence-electron chi connectivity index (χ3n) is 3.31. The summed E-state index contributed by atoms with van der Waals surface area (Å²) in [7, 11) is 0. The third-order valence-corrected chi connectivity index (χ3v) is 4.40. The van der Waals surface area contributed by atoms with E-state index >= 15 is 0 Å². The number of hydrogen-bond acceptors (Lipinski definition) is 4. The van der Waals surface area contributed by atoms with Crippen molar-refractivity contribution in [2.75, 3.05) is 5.32 Å². The van der Waals surface area contributed by atoms with Crippen molar-refractivity contribution in [1.82, 2.24) is 4.98 Å². The first-order chi connectivity index (χ1) is 11.6. The topological polar surface area (TPSA) is 51.2 Å². The lowest BCUT2D eigenvalue weighted by Crippen LogP contribution is -2.30. The van der Waals surface area contributed by atoms with Crippen LogP contribution in [0.5, 0.6) is 5.75 Å². The molecular formula is C18H15ClN2O2S. The predicted molar refractivity (Wildman–Crippen MR) is 97.7 cm³/mol. The summed E-state index contributed by atoms with van der Waals surface area (Å²) in [6, 6.07) is 16.7. The third kappa shape index (κ3) is 3.93. The number of halogens is 1. The number of rotatable bonds is 5. The molecule has 0 aliphatic heterocycles. The number of aromatic nitrogens is 1. The van der Waals surface area contributed by atoms with Gasteiger partial charge in [-0.3, -0.25) is 10.1 Å². The molecule has 0 aliphatic carbocycles. The van der Waals surface area contributed by atoms with Gasteiger partial charge in [0.15, 0.2) is 11.2 Å². The molecule has 0 saturated heterocycles. The molecule has 1 aromatic heterocycles. The smallest absolute Gasteiger partial charge is 0.266 e. The molecule has 24 heavy (non-hydrogen) atoms. The highest BCUT2D eigenvalue weighted by Gasteiger charge is 2.17. The van der Waals surface area contributed by atoms with E-state index in [1.807, 2.05) is 60.0 Å². The molecule has 3 aromatic rings. The highest BCUT2D eigenvalue weighted by molar-refractivity contribution is 7.14. The number of nitrogens with zero attached hydrogens (tertiary/aromatic N) is 1. The minimum Gasteiger partial charge on any atom is -0.481 e. The van der Waals surface area contributed by atoms with Gasteiger partial charge in [0.05, 0.1) is 5.69 Å². The van der Waals surface area contributed by atoms with E-state index in [1.165, 1.54) is 11.3 Å². The second-order valence-corrected chi connectivity index (χ2v) is 6.35. The minimum atomic E-state index is -0.625. The molecule has 3 rings (SSSR count). The van der Waals surface area contributed by atoms with Crippen LogP contribution in [-0.4, -0.2) is 17.0 Å². The van der Waals surface area contributed by atoms with Gasteiger partial charge in [0, 0.05) is 16.0 Å². The summed E-state index contributed by atoms with van der Waals surface area (Å²) in [4.78, 5) is 16.7. The molecule has 0 spiro atoms. The number of nitrogens with one attached hydrogen (secondary N) is 1. The number of benzene rings is 2. The van der Waals surface area contributed by atoms with Crippen LogP contribution in [0.3, 0.4) is 0 Å². The number of carbonyl (C=O) groups is 1. The van der Waals surface area contributed by atoms with Gasteiger partial charge in [-0.15, -0.1) is 11.3 Å². The lowest BCUT2D eigenvalue weighted by atomic mass is 10.2. The number of carbonyl (C=O) groups excluding carboxylic acids is 1. The van der Waals surface area contributed by atoms with Crippen molar-refractivity contribution in [3.63, 3.8) is 0 Å². The molecule has 1 amide bonds. The molecule has 2 aromatic carbocycles. The Morgan fingerprint density at radius 2 is 1.88 bits per heavy atom. The lowest BCUT2D eigenvalue weighted by Gasteiger charge is -2.13. The zero-order valence-corrected chi connectivity index (χ0v) is 14.5. The summed E-state index contributed by atoms with van der Waals surface area (Å²) in [5.41, 5.74) is 1.57. The highest BCUT2D eigenvalue weighted by atomic mass is 35.5. The second kappa shape index (κ2) is 7.47. The zero-order chi connectivity index (χ0) is 16.9. The van der Waals surface area contributed by atoms with Gasteiger partial charge in [-0.25, -0.2) is 4.98 Å². The fourth-order valence-corrected chi connectivity index (χ4v) is 3.03. The molecule has 1 N–H and O–H groups in total. The van der Waals surface area contributed by atoms with Crippen molar-refractivity contribution in [2.24, 2.45) is 0 Å². The second-order valence-electron chi connectivity index (χ2n) is 5.08. The van der Waals surface area contributed by atoms with Gasteiger partial charge < -0.3 is 4.74 Å². The Morgan fingerprint density at radius 1 is 1.17 bits per heavy atom. The molecule has 0 saturated carbocycles. The molecule has 0 bridgehead atoms. The van der Waals surface area contributed by atoms with Crippen LogP contribution in [0.1, 0.15) is 6.92 Å². The molecule has 0 radical (unpaired) electrons. The van der Waals surface area contributed by atoms with Gasteiger partial charge in [0.1, 0.15) is 5.75 Å². The van der Waals surface area contributed by atoms with Crippen molar-refractivity contribution < 1.29 is 9.53 Å². The molecule has 1 heterocycles. The Balaban J connectivity index is 1.66. The molecular weight excluding hydrogens is 344 g/mol. The largest absolute Gasteiger partial charge is 0.481 e. The molecule has 4 nitrogen and oxygen atoms in total. The summed E-state index contributed by atoms with van der Waals surface area (Å²) in [5, 5.41) is 5.77. The fraction of sp³-hybridized carbons (Fsp3) is 0.111. The first-order valence-corrected chi connectivity index (χ1v) is 8.62. The molecule has 0 aliphatic rings. The number of thiazole rings is 1. The van der Waals surface area contributed by atoms with Gasteiger partial charge in [0.25, 0.3) is 5.91 Å². The van der Waals surface area contributed by atoms with E-state index in [4.69, 9.17) is 16.3 Å².